The van der Waals surface area contributed by atoms with E-state index in [4.69, 9.17) is 0 Å². The first-order valence-corrected chi connectivity index (χ1v) is 10.7. The standard InChI is InChI=1S/C24H34N2/c1-3-5-6-20-7-9-21(10-8-20)11-12-22-13-15-23(16-14-22)24-25-17-19(4-2)18-26-24/h13-18,20-21H,3-12H2,1-2H3. The predicted molar refractivity (Wildman–Crippen MR) is 110 cm³/mol. The number of hydrogen-bond acceptors (Lipinski definition) is 2. The Morgan fingerprint density at radius 3 is 2.00 bits per heavy atom. The molecule has 1 heterocycles. The zero-order valence-electron chi connectivity index (χ0n) is 16.6. The molecule has 0 radical (unpaired) electrons. The number of aromatic nitrogens is 2. The molecule has 0 saturated heterocycles. The highest BCUT2D eigenvalue weighted by Crippen LogP contribution is 2.34. The van der Waals surface area contributed by atoms with Gasteiger partial charge in [0.15, 0.2) is 5.82 Å². The molecule has 0 aliphatic heterocycles. The van der Waals surface area contributed by atoms with Crippen LogP contribution in [0.15, 0.2) is 36.7 Å². The van der Waals surface area contributed by atoms with Crippen molar-refractivity contribution in [2.24, 2.45) is 11.8 Å². The molecule has 0 unspecified atom stereocenters. The zero-order chi connectivity index (χ0) is 18.2. The Morgan fingerprint density at radius 1 is 0.808 bits per heavy atom. The van der Waals surface area contributed by atoms with Crippen LogP contribution in [0.1, 0.15) is 76.3 Å². The van der Waals surface area contributed by atoms with Gasteiger partial charge in [0.25, 0.3) is 0 Å². The summed E-state index contributed by atoms with van der Waals surface area (Å²) in [5, 5.41) is 0. The molecule has 0 bridgehead atoms. The van der Waals surface area contributed by atoms with Crippen molar-refractivity contribution in [1.82, 2.24) is 9.97 Å². The molecule has 0 atom stereocenters. The lowest BCUT2D eigenvalue weighted by molar-refractivity contribution is 0.250. The van der Waals surface area contributed by atoms with Crippen molar-refractivity contribution in [2.45, 2.75) is 78.1 Å². The molecular formula is C24H34N2. The number of aryl methyl sites for hydroxylation is 2. The normalized spacial score (nSPS) is 20.2. The first kappa shape index (κ1) is 19.1. The molecule has 1 saturated carbocycles. The summed E-state index contributed by atoms with van der Waals surface area (Å²) >= 11 is 0. The summed E-state index contributed by atoms with van der Waals surface area (Å²) in [5.74, 6) is 2.79. The molecule has 1 aliphatic rings. The van der Waals surface area contributed by atoms with Gasteiger partial charge in [0.05, 0.1) is 0 Å². The monoisotopic (exact) mass is 350 g/mol. The van der Waals surface area contributed by atoms with E-state index in [0.717, 1.165) is 29.6 Å². The van der Waals surface area contributed by atoms with Crippen LogP contribution in [-0.2, 0) is 12.8 Å². The van der Waals surface area contributed by atoms with Crippen LogP contribution in [0, 0.1) is 11.8 Å². The maximum atomic E-state index is 4.49. The number of rotatable bonds is 8. The van der Waals surface area contributed by atoms with Crippen molar-refractivity contribution in [3.05, 3.63) is 47.8 Å². The third kappa shape index (κ3) is 5.40. The second-order valence-corrected chi connectivity index (χ2v) is 8.03. The van der Waals surface area contributed by atoms with Crippen LogP contribution >= 0.6 is 0 Å². The molecule has 2 aromatic rings. The van der Waals surface area contributed by atoms with Crippen molar-refractivity contribution in [1.29, 1.82) is 0 Å². The van der Waals surface area contributed by atoms with Gasteiger partial charge >= 0.3 is 0 Å². The molecule has 0 amide bonds. The lowest BCUT2D eigenvalue weighted by Crippen LogP contribution is -2.15. The van der Waals surface area contributed by atoms with Gasteiger partial charge in [0.1, 0.15) is 0 Å². The maximum Gasteiger partial charge on any atom is 0.159 e. The minimum Gasteiger partial charge on any atom is -0.236 e. The van der Waals surface area contributed by atoms with Crippen LogP contribution in [-0.4, -0.2) is 9.97 Å². The molecule has 1 fully saturated rings. The fourth-order valence-corrected chi connectivity index (χ4v) is 4.18. The molecule has 2 heteroatoms. The largest absolute Gasteiger partial charge is 0.236 e. The Labute approximate surface area is 159 Å². The zero-order valence-corrected chi connectivity index (χ0v) is 16.6. The summed E-state index contributed by atoms with van der Waals surface area (Å²) in [6.45, 7) is 4.44. The average molecular weight is 351 g/mol. The van der Waals surface area contributed by atoms with Gasteiger partial charge in [-0.05, 0) is 42.2 Å². The highest BCUT2D eigenvalue weighted by Gasteiger charge is 2.20. The van der Waals surface area contributed by atoms with Crippen LogP contribution < -0.4 is 0 Å². The Morgan fingerprint density at radius 2 is 1.42 bits per heavy atom. The third-order valence-corrected chi connectivity index (χ3v) is 6.10. The number of benzene rings is 1. The summed E-state index contributed by atoms with van der Waals surface area (Å²) in [6.07, 6.45) is 17.5. The molecule has 26 heavy (non-hydrogen) atoms. The minimum absolute atomic E-state index is 0.833. The maximum absolute atomic E-state index is 4.49. The second kappa shape index (κ2) is 9.85. The fraction of sp³-hybridized carbons (Fsp3) is 0.583. The molecule has 1 aromatic carbocycles. The summed E-state index contributed by atoms with van der Waals surface area (Å²) in [7, 11) is 0. The van der Waals surface area contributed by atoms with Crippen LogP contribution in [0.2, 0.25) is 0 Å². The lowest BCUT2D eigenvalue weighted by atomic mass is 9.78. The summed E-state index contributed by atoms with van der Waals surface area (Å²) < 4.78 is 0. The van der Waals surface area contributed by atoms with E-state index in [9.17, 15) is 0 Å². The van der Waals surface area contributed by atoms with Gasteiger partial charge in [-0.25, -0.2) is 9.97 Å². The smallest absolute Gasteiger partial charge is 0.159 e. The van der Waals surface area contributed by atoms with Crippen LogP contribution in [0.25, 0.3) is 11.4 Å². The fourth-order valence-electron chi connectivity index (χ4n) is 4.18. The van der Waals surface area contributed by atoms with Gasteiger partial charge in [-0.2, -0.15) is 0 Å². The van der Waals surface area contributed by atoms with Crippen LogP contribution in [0.3, 0.4) is 0 Å². The van der Waals surface area contributed by atoms with Gasteiger partial charge in [-0.15, -0.1) is 0 Å². The SMILES string of the molecule is CCCCC1CCC(CCc2ccc(-c3ncc(CC)cn3)cc2)CC1. The van der Waals surface area contributed by atoms with Gasteiger partial charge in [-0.3, -0.25) is 0 Å². The summed E-state index contributed by atoms with van der Waals surface area (Å²) in [6, 6.07) is 8.88. The molecule has 1 aromatic heterocycles. The molecule has 2 nitrogen and oxygen atoms in total. The van der Waals surface area contributed by atoms with E-state index in [0.29, 0.717) is 0 Å². The van der Waals surface area contributed by atoms with Gasteiger partial charge in [-0.1, -0.05) is 83.1 Å². The van der Waals surface area contributed by atoms with Gasteiger partial charge in [0, 0.05) is 18.0 Å². The number of hydrogen-bond donors (Lipinski definition) is 0. The van der Waals surface area contributed by atoms with E-state index in [-0.39, 0.29) is 0 Å². The molecule has 3 rings (SSSR count). The van der Waals surface area contributed by atoms with Gasteiger partial charge in [0.2, 0.25) is 0 Å². The number of unbranched alkanes of at least 4 members (excludes halogenated alkanes) is 1. The first-order valence-electron chi connectivity index (χ1n) is 10.7. The molecule has 140 valence electrons. The molecule has 0 N–H and O–H groups in total. The average Bonchev–Trinajstić information content (AvgIpc) is 2.72. The Balaban J connectivity index is 1.46. The van der Waals surface area contributed by atoms with E-state index in [1.165, 1.54) is 68.9 Å². The molecule has 1 aliphatic carbocycles. The highest BCUT2D eigenvalue weighted by atomic mass is 14.9. The molecular weight excluding hydrogens is 316 g/mol. The van der Waals surface area contributed by atoms with Crippen molar-refractivity contribution in [2.75, 3.05) is 0 Å². The van der Waals surface area contributed by atoms with E-state index < -0.39 is 0 Å². The Hall–Kier alpha value is -1.70. The number of nitrogens with zero attached hydrogens (tertiary/aromatic N) is 2. The Kier molecular flexibility index (Phi) is 7.22. The van der Waals surface area contributed by atoms with Crippen molar-refractivity contribution in [3.8, 4) is 11.4 Å². The van der Waals surface area contributed by atoms with Crippen LogP contribution in [0.5, 0.6) is 0 Å². The minimum atomic E-state index is 0.833. The first-order chi connectivity index (χ1) is 12.8. The van der Waals surface area contributed by atoms with Crippen molar-refractivity contribution >= 4 is 0 Å². The van der Waals surface area contributed by atoms with E-state index in [1.807, 2.05) is 12.4 Å². The Bertz CT molecular complexity index is 637. The van der Waals surface area contributed by atoms with Gasteiger partial charge < -0.3 is 0 Å². The lowest BCUT2D eigenvalue weighted by Gasteiger charge is -2.28. The summed E-state index contributed by atoms with van der Waals surface area (Å²) in [4.78, 5) is 8.97. The molecule has 0 spiro atoms. The van der Waals surface area contributed by atoms with E-state index in [2.05, 4.69) is 48.1 Å². The predicted octanol–water partition coefficient (Wildman–Crippen LogP) is 6.64. The topological polar surface area (TPSA) is 25.8 Å². The third-order valence-electron chi connectivity index (χ3n) is 6.10. The van der Waals surface area contributed by atoms with Crippen molar-refractivity contribution < 1.29 is 0 Å². The second-order valence-electron chi connectivity index (χ2n) is 8.03. The quantitative estimate of drug-likeness (QED) is 0.533. The van der Waals surface area contributed by atoms with E-state index in [1.54, 1.807) is 0 Å². The van der Waals surface area contributed by atoms with Crippen molar-refractivity contribution in [3.63, 3.8) is 0 Å². The highest BCUT2D eigenvalue weighted by molar-refractivity contribution is 5.55. The van der Waals surface area contributed by atoms with Crippen LogP contribution in [0.4, 0.5) is 0 Å². The van der Waals surface area contributed by atoms with E-state index >= 15 is 0 Å². The summed E-state index contributed by atoms with van der Waals surface area (Å²) in [5.41, 5.74) is 3.76.